The summed E-state index contributed by atoms with van der Waals surface area (Å²) in [5.41, 5.74) is 2.40. The summed E-state index contributed by atoms with van der Waals surface area (Å²) in [4.78, 5) is 2.42. The van der Waals surface area contributed by atoms with Crippen LogP contribution in [0, 0.1) is 11.8 Å². The Morgan fingerprint density at radius 3 is 2.76 bits per heavy atom. The first-order valence-electron chi connectivity index (χ1n) is 6.21. The highest BCUT2D eigenvalue weighted by atomic mass is 35.5. The molecule has 17 heavy (non-hydrogen) atoms. The van der Waals surface area contributed by atoms with Crippen molar-refractivity contribution >= 4 is 28.9 Å². The van der Waals surface area contributed by atoms with Crippen LogP contribution in [0.15, 0.2) is 18.2 Å². The molecule has 0 bridgehead atoms. The van der Waals surface area contributed by atoms with Gasteiger partial charge in [0, 0.05) is 29.7 Å². The van der Waals surface area contributed by atoms with Gasteiger partial charge in [-0.05, 0) is 36.0 Å². The van der Waals surface area contributed by atoms with E-state index in [1.807, 2.05) is 18.2 Å². The molecule has 0 saturated carbocycles. The lowest BCUT2D eigenvalue weighted by molar-refractivity contribution is 0.422. The zero-order valence-corrected chi connectivity index (χ0v) is 11.9. The average Bonchev–Trinajstić information content (AvgIpc) is 2.78. The standard InChI is InChI=1S/C14H19Cl2N/c1-10(2)12-5-6-17(9-12)14-7-13(16)4-3-11(14)8-15/h3-4,7,10,12H,5-6,8-9H2,1-2H3. The minimum atomic E-state index is 0.551. The number of benzene rings is 1. The first-order valence-corrected chi connectivity index (χ1v) is 7.12. The van der Waals surface area contributed by atoms with Gasteiger partial charge in [-0.2, -0.15) is 0 Å². The largest absolute Gasteiger partial charge is 0.371 e. The zero-order chi connectivity index (χ0) is 12.4. The van der Waals surface area contributed by atoms with E-state index in [-0.39, 0.29) is 0 Å². The van der Waals surface area contributed by atoms with Crippen LogP contribution in [0.1, 0.15) is 25.8 Å². The van der Waals surface area contributed by atoms with Gasteiger partial charge in [-0.15, -0.1) is 11.6 Å². The number of hydrogen-bond acceptors (Lipinski definition) is 1. The number of alkyl halides is 1. The first kappa shape index (κ1) is 13.0. The summed E-state index contributed by atoms with van der Waals surface area (Å²) in [7, 11) is 0. The maximum absolute atomic E-state index is 6.08. The molecule has 1 fully saturated rings. The molecule has 0 aromatic heterocycles. The van der Waals surface area contributed by atoms with Crippen molar-refractivity contribution in [3.63, 3.8) is 0 Å². The van der Waals surface area contributed by atoms with E-state index in [4.69, 9.17) is 23.2 Å². The molecule has 0 spiro atoms. The van der Waals surface area contributed by atoms with Crippen LogP contribution >= 0.6 is 23.2 Å². The number of nitrogens with zero attached hydrogens (tertiary/aromatic N) is 1. The molecule has 2 rings (SSSR count). The summed E-state index contributed by atoms with van der Waals surface area (Å²) >= 11 is 12.1. The maximum atomic E-state index is 6.08. The maximum Gasteiger partial charge on any atom is 0.0494 e. The number of anilines is 1. The molecule has 1 aromatic carbocycles. The summed E-state index contributed by atoms with van der Waals surface area (Å²) in [5.74, 6) is 2.09. The van der Waals surface area contributed by atoms with Gasteiger partial charge in [0.1, 0.15) is 0 Å². The van der Waals surface area contributed by atoms with Crippen molar-refractivity contribution in [2.75, 3.05) is 18.0 Å². The fraction of sp³-hybridized carbons (Fsp3) is 0.571. The first-order chi connectivity index (χ1) is 8.11. The molecular formula is C14H19Cl2N. The molecule has 0 N–H and O–H groups in total. The second-order valence-corrected chi connectivity index (χ2v) is 5.85. The van der Waals surface area contributed by atoms with Crippen LogP contribution in [0.25, 0.3) is 0 Å². The van der Waals surface area contributed by atoms with E-state index in [9.17, 15) is 0 Å². The van der Waals surface area contributed by atoms with Crippen LogP contribution in [0.3, 0.4) is 0 Å². The number of halogens is 2. The van der Waals surface area contributed by atoms with Crippen LogP contribution in [0.4, 0.5) is 5.69 Å². The molecule has 0 aliphatic carbocycles. The van der Waals surface area contributed by atoms with Gasteiger partial charge in [0.15, 0.2) is 0 Å². The lowest BCUT2D eigenvalue weighted by Crippen LogP contribution is -2.22. The Bertz CT molecular complexity index is 390. The van der Waals surface area contributed by atoms with Gasteiger partial charge in [0.2, 0.25) is 0 Å². The van der Waals surface area contributed by atoms with Crippen molar-refractivity contribution < 1.29 is 0 Å². The molecule has 1 aromatic rings. The monoisotopic (exact) mass is 271 g/mol. The van der Waals surface area contributed by atoms with Crippen molar-refractivity contribution in [3.8, 4) is 0 Å². The summed E-state index contributed by atoms with van der Waals surface area (Å²) < 4.78 is 0. The molecule has 1 aliphatic heterocycles. The molecule has 0 radical (unpaired) electrons. The predicted octanol–water partition coefficient (Wildman–Crippen LogP) is 4.56. The molecule has 1 nitrogen and oxygen atoms in total. The predicted molar refractivity (Wildman–Crippen MR) is 76.2 cm³/mol. The fourth-order valence-electron chi connectivity index (χ4n) is 2.49. The Hall–Kier alpha value is -0.400. The van der Waals surface area contributed by atoms with Crippen molar-refractivity contribution in [3.05, 3.63) is 28.8 Å². The van der Waals surface area contributed by atoms with E-state index in [1.165, 1.54) is 17.7 Å². The van der Waals surface area contributed by atoms with Gasteiger partial charge in [0.25, 0.3) is 0 Å². The molecule has 1 unspecified atom stereocenters. The van der Waals surface area contributed by atoms with E-state index in [2.05, 4.69) is 18.7 Å². The van der Waals surface area contributed by atoms with Crippen LogP contribution < -0.4 is 4.90 Å². The van der Waals surface area contributed by atoms with Crippen molar-refractivity contribution in [2.45, 2.75) is 26.1 Å². The molecule has 1 atom stereocenters. The summed E-state index contributed by atoms with van der Waals surface area (Å²) in [5, 5.41) is 0.793. The Morgan fingerprint density at radius 2 is 2.18 bits per heavy atom. The average molecular weight is 272 g/mol. The SMILES string of the molecule is CC(C)C1CCN(c2cc(Cl)ccc2CCl)C1. The summed E-state index contributed by atoms with van der Waals surface area (Å²) in [6, 6.07) is 5.99. The van der Waals surface area contributed by atoms with E-state index >= 15 is 0 Å². The molecular weight excluding hydrogens is 253 g/mol. The van der Waals surface area contributed by atoms with Crippen LogP contribution in [-0.4, -0.2) is 13.1 Å². The smallest absolute Gasteiger partial charge is 0.0494 e. The second-order valence-electron chi connectivity index (χ2n) is 5.15. The van der Waals surface area contributed by atoms with E-state index < -0.39 is 0 Å². The third-order valence-corrected chi connectivity index (χ3v) is 4.22. The fourth-order valence-corrected chi connectivity index (χ4v) is 2.89. The lowest BCUT2D eigenvalue weighted by Gasteiger charge is -2.22. The van der Waals surface area contributed by atoms with Gasteiger partial charge in [-0.1, -0.05) is 31.5 Å². The van der Waals surface area contributed by atoms with E-state index in [0.717, 1.165) is 29.9 Å². The van der Waals surface area contributed by atoms with Gasteiger partial charge >= 0.3 is 0 Å². The molecule has 1 heterocycles. The Balaban J connectivity index is 2.20. The van der Waals surface area contributed by atoms with Crippen LogP contribution in [0.2, 0.25) is 5.02 Å². The number of rotatable bonds is 3. The minimum Gasteiger partial charge on any atom is -0.371 e. The summed E-state index contributed by atoms with van der Waals surface area (Å²) in [6.45, 7) is 6.85. The highest BCUT2D eigenvalue weighted by Gasteiger charge is 2.26. The molecule has 0 amide bonds. The highest BCUT2D eigenvalue weighted by molar-refractivity contribution is 6.31. The molecule has 3 heteroatoms. The highest BCUT2D eigenvalue weighted by Crippen LogP contribution is 2.32. The summed E-state index contributed by atoms with van der Waals surface area (Å²) in [6.07, 6.45) is 1.27. The van der Waals surface area contributed by atoms with Crippen LogP contribution in [-0.2, 0) is 5.88 Å². The minimum absolute atomic E-state index is 0.551. The van der Waals surface area contributed by atoms with Crippen molar-refractivity contribution in [1.82, 2.24) is 0 Å². The lowest BCUT2D eigenvalue weighted by atomic mass is 9.95. The van der Waals surface area contributed by atoms with E-state index in [1.54, 1.807) is 0 Å². The normalized spacial score (nSPS) is 20.3. The van der Waals surface area contributed by atoms with Crippen LogP contribution in [0.5, 0.6) is 0 Å². The van der Waals surface area contributed by atoms with Crippen molar-refractivity contribution in [1.29, 1.82) is 0 Å². The molecule has 1 saturated heterocycles. The molecule has 1 aliphatic rings. The Labute approximate surface area is 114 Å². The zero-order valence-electron chi connectivity index (χ0n) is 10.4. The van der Waals surface area contributed by atoms with Gasteiger partial charge in [-0.3, -0.25) is 0 Å². The van der Waals surface area contributed by atoms with Gasteiger partial charge in [0.05, 0.1) is 0 Å². The topological polar surface area (TPSA) is 3.24 Å². The quantitative estimate of drug-likeness (QED) is 0.729. The second kappa shape index (κ2) is 5.49. The molecule has 94 valence electrons. The van der Waals surface area contributed by atoms with Gasteiger partial charge in [-0.25, -0.2) is 0 Å². The van der Waals surface area contributed by atoms with Gasteiger partial charge < -0.3 is 4.90 Å². The number of hydrogen-bond donors (Lipinski definition) is 0. The Morgan fingerprint density at radius 1 is 1.41 bits per heavy atom. The van der Waals surface area contributed by atoms with Crippen molar-refractivity contribution in [2.24, 2.45) is 11.8 Å². The third-order valence-electron chi connectivity index (χ3n) is 3.70. The third kappa shape index (κ3) is 2.89. The van der Waals surface area contributed by atoms with E-state index in [0.29, 0.717) is 5.88 Å². The Kier molecular flexibility index (Phi) is 4.22.